The zero-order valence-electron chi connectivity index (χ0n) is 10.5. The Labute approximate surface area is 119 Å². The number of aromatic nitrogens is 2. The van der Waals surface area contributed by atoms with E-state index in [4.69, 9.17) is 0 Å². The molecule has 0 radical (unpaired) electrons. The number of hydrogen-bond acceptors (Lipinski definition) is 3. The van der Waals surface area contributed by atoms with Crippen molar-refractivity contribution in [2.45, 2.75) is 19.3 Å². The summed E-state index contributed by atoms with van der Waals surface area (Å²) in [7, 11) is 1.85. The predicted octanol–water partition coefficient (Wildman–Crippen LogP) is 3.58. The van der Waals surface area contributed by atoms with Crippen LogP contribution in [0.2, 0.25) is 0 Å². The molecule has 2 aromatic rings. The van der Waals surface area contributed by atoms with Gasteiger partial charge in [-0.2, -0.15) is 0 Å². The maximum atomic E-state index is 13.4. The van der Waals surface area contributed by atoms with Gasteiger partial charge in [-0.3, -0.25) is 0 Å². The first-order chi connectivity index (χ1) is 9.19. The van der Waals surface area contributed by atoms with Crippen LogP contribution in [-0.4, -0.2) is 17.0 Å². The fourth-order valence-electron chi connectivity index (χ4n) is 2.43. The highest BCUT2D eigenvalue weighted by Gasteiger charge is 2.20. The summed E-state index contributed by atoms with van der Waals surface area (Å²) in [5.74, 6) is 1.14. The average molecular weight is 322 g/mol. The number of nitrogens with one attached hydrogen (secondary N) is 1. The van der Waals surface area contributed by atoms with E-state index in [0.717, 1.165) is 35.2 Å². The molecule has 3 rings (SSSR count). The van der Waals surface area contributed by atoms with Gasteiger partial charge in [0.2, 0.25) is 0 Å². The van der Waals surface area contributed by atoms with Crippen molar-refractivity contribution < 1.29 is 4.39 Å². The number of anilines is 1. The van der Waals surface area contributed by atoms with E-state index in [2.05, 4.69) is 31.2 Å². The van der Waals surface area contributed by atoms with Crippen molar-refractivity contribution in [3.05, 3.63) is 39.7 Å². The fourth-order valence-corrected chi connectivity index (χ4v) is 2.85. The molecule has 0 saturated heterocycles. The van der Waals surface area contributed by atoms with Gasteiger partial charge in [0.15, 0.2) is 5.82 Å². The van der Waals surface area contributed by atoms with Gasteiger partial charge in [0.05, 0.1) is 0 Å². The van der Waals surface area contributed by atoms with E-state index >= 15 is 0 Å². The zero-order valence-corrected chi connectivity index (χ0v) is 12.1. The van der Waals surface area contributed by atoms with Crippen LogP contribution in [0.3, 0.4) is 0 Å². The Bertz CT molecular complexity index is 643. The van der Waals surface area contributed by atoms with E-state index in [1.807, 2.05) is 7.05 Å². The van der Waals surface area contributed by atoms with Crippen LogP contribution in [0.4, 0.5) is 10.2 Å². The SMILES string of the molecule is CNc1nc(-c2cc(F)ccc2Br)nc2c1CCC2. The second-order valence-corrected chi connectivity index (χ2v) is 5.40. The highest BCUT2D eigenvalue weighted by molar-refractivity contribution is 9.10. The molecule has 0 atom stereocenters. The minimum Gasteiger partial charge on any atom is -0.373 e. The molecule has 1 N–H and O–H groups in total. The van der Waals surface area contributed by atoms with E-state index in [9.17, 15) is 4.39 Å². The average Bonchev–Trinajstić information content (AvgIpc) is 2.88. The summed E-state index contributed by atoms with van der Waals surface area (Å²) in [5.41, 5.74) is 2.95. The van der Waals surface area contributed by atoms with Crippen LogP contribution in [0.25, 0.3) is 11.4 Å². The first kappa shape index (κ1) is 12.5. The Kier molecular flexibility index (Phi) is 3.22. The van der Waals surface area contributed by atoms with Gasteiger partial charge >= 0.3 is 0 Å². The largest absolute Gasteiger partial charge is 0.373 e. The minimum atomic E-state index is -0.284. The molecule has 0 fully saturated rings. The molecule has 0 amide bonds. The van der Waals surface area contributed by atoms with Crippen LogP contribution in [-0.2, 0) is 12.8 Å². The number of rotatable bonds is 2. The molecule has 1 heterocycles. The molecule has 0 bridgehead atoms. The van der Waals surface area contributed by atoms with Gasteiger partial charge in [0.25, 0.3) is 0 Å². The van der Waals surface area contributed by atoms with E-state index in [1.165, 1.54) is 17.7 Å². The molecule has 0 aliphatic heterocycles. The number of nitrogens with zero attached hydrogens (tertiary/aromatic N) is 2. The summed E-state index contributed by atoms with van der Waals surface area (Å²) in [4.78, 5) is 9.10. The van der Waals surface area contributed by atoms with E-state index in [1.54, 1.807) is 6.07 Å². The number of fused-ring (bicyclic) bond motifs is 1. The molecule has 98 valence electrons. The summed E-state index contributed by atoms with van der Waals surface area (Å²) >= 11 is 3.43. The van der Waals surface area contributed by atoms with Crippen LogP contribution < -0.4 is 5.32 Å². The molecule has 1 aromatic carbocycles. The Balaban J connectivity index is 2.18. The lowest BCUT2D eigenvalue weighted by molar-refractivity contribution is 0.628. The van der Waals surface area contributed by atoms with E-state index in [0.29, 0.717) is 11.4 Å². The summed E-state index contributed by atoms with van der Waals surface area (Å²) in [6, 6.07) is 4.56. The van der Waals surface area contributed by atoms with Crippen LogP contribution >= 0.6 is 15.9 Å². The van der Waals surface area contributed by atoms with Crippen molar-refractivity contribution >= 4 is 21.7 Å². The topological polar surface area (TPSA) is 37.8 Å². The summed E-state index contributed by atoms with van der Waals surface area (Å²) in [5, 5.41) is 3.11. The lowest BCUT2D eigenvalue weighted by Gasteiger charge is -2.10. The maximum Gasteiger partial charge on any atom is 0.163 e. The quantitative estimate of drug-likeness (QED) is 0.918. The second-order valence-electron chi connectivity index (χ2n) is 4.55. The Morgan fingerprint density at radius 2 is 2.11 bits per heavy atom. The van der Waals surface area contributed by atoms with Crippen molar-refractivity contribution in [3.63, 3.8) is 0 Å². The molecule has 1 aliphatic carbocycles. The van der Waals surface area contributed by atoms with Gasteiger partial charge in [-0.15, -0.1) is 0 Å². The van der Waals surface area contributed by atoms with Crippen molar-refractivity contribution in [3.8, 4) is 11.4 Å². The van der Waals surface area contributed by atoms with Crippen LogP contribution in [0.5, 0.6) is 0 Å². The zero-order chi connectivity index (χ0) is 13.4. The Morgan fingerprint density at radius 1 is 1.26 bits per heavy atom. The summed E-state index contributed by atoms with van der Waals surface area (Å²) in [6.07, 6.45) is 3.08. The van der Waals surface area contributed by atoms with Gasteiger partial charge in [0.1, 0.15) is 11.6 Å². The predicted molar refractivity (Wildman–Crippen MR) is 76.7 cm³/mol. The molecular weight excluding hydrogens is 309 g/mol. The highest BCUT2D eigenvalue weighted by Crippen LogP contribution is 2.32. The summed E-state index contributed by atoms with van der Waals surface area (Å²) in [6.45, 7) is 0. The summed E-state index contributed by atoms with van der Waals surface area (Å²) < 4.78 is 14.2. The van der Waals surface area contributed by atoms with Gasteiger partial charge in [-0.05, 0) is 37.5 Å². The van der Waals surface area contributed by atoms with Gasteiger partial charge in [-0.25, -0.2) is 14.4 Å². The molecule has 5 heteroatoms. The molecular formula is C14H13BrFN3. The maximum absolute atomic E-state index is 13.4. The second kappa shape index (κ2) is 4.89. The van der Waals surface area contributed by atoms with Crippen LogP contribution in [0.1, 0.15) is 17.7 Å². The van der Waals surface area contributed by atoms with E-state index < -0.39 is 0 Å². The minimum absolute atomic E-state index is 0.284. The first-order valence-corrected chi connectivity index (χ1v) is 7.01. The normalized spacial score (nSPS) is 13.4. The fraction of sp³-hybridized carbons (Fsp3) is 0.286. The van der Waals surface area contributed by atoms with Gasteiger partial charge < -0.3 is 5.32 Å². The Hall–Kier alpha value is -1.49. The monoisotopic (exact) mass is 321 g/mol. The molecule has 19 heavy (non-hydrogen) atoms. The number of aryl methyl sites for hydroxylation is 1. The smallest absolute Gasteiger partial charge is 0.163 e. The third-order valence-electron chi connectivity index (χ3n) is 3.34. The third-order valence-corrected chi connectivity index (χ3v) is 4.03. The van der Waals surface area contributed by atoms with Crippen LogP contribution in [0, 0.1) is 5.82 Å². The molecule has 0 unspecified atom stereocenters. The Morgan fingerprint density at radius 3 is 2.89 bits per heavy atom. The van der Waals surface area contributed by atoms with Crippen molar-refractivity contribution in [2.24, 2.45) is 0 Å². The van der Waals surface area contributed by atoms with Crippen molar-refractivity contribution in [1.29, 1.82) is 0 Å². The van der Waals surface area contributed by atoms with Crippen molar-refractivity contribution in [1.82, 2.24) is 9.97 Å². The number of hydrogen-bond donors (Lipinski definition) is 1. The highest BCUT2D eigenvalue weighted by atomic mass is 79.9. The lowest BCUT2D eigenvalue weighted by Crippen LogP contribution is -2.03. The van der Waals surface area contributed by atoms with Gasteiger partial charge in [0, 0.05) is 28.3 Å². The first-order valence-electron chi connectivity index (χ1n) is 6.22. The number of benzene rings is 1. The van der Waals surface area contributed by atoms with Gasteiger partial charge in [-0.1, -0.05) is 15.9 Å². The third kappa shape index (κ3) is 2.23. The molecule has 0 spiro atoms. The van der Waals surface area contributed by atoms with Crippen LogP contribution in [0.15, 0.2) is 22.7 Å². The molecule has 0 saturated carbocycles. The molecule has 1 aromatic heterocycles. The number of halogens is 2. The molecule has 1 aliphatic rings. The standard InChI is InChI=1S/C14H13BrFN3/c1-17-13-9-3-2-4-12(9)18-14(19-13)10-7-8(16)5-6-11(10)15/h5-7H,2-4H2,1H3,(H,17,18,19). The molecule has 3 nitrogen and oxygen atoms in total. The van der Waals surface area contributed by atoms with Crippen molar-refractivity contribution in [2.75, 3.05) is 12.4 Å². The van der Waals surface area contributed by atoms with E-state index in [-0.39, 0.29) is 5.82 Å². The lowest BCUT2D eigenvalue weighted by atomic mass is 10.2.